The highest BCUT2D eigenvalue weighted by Gasteiger charge is 2.17. The Hall–Kier alpha value is -2.47. The molecule has 0 unspecified atom stereocenters. The normalized spacial score (nSPS) is 10.9. The van der Waals surface area contributed by atoms with Crippen LogP contribution in [0.15, 0.2) is 40.8 Å². The van der Waals surface area contributed by atoms with Gasteiger partial charge >= 0.3 is 5.69 Å². The van der Waals surface area contributed by atoms with E-state index < -0.39 is 16.4 Å². The average Bonchev–Trinajstić information content (AvgIpc) is 2.81. The summed E-state index contributed by atoms with van der Waals surface area (Å²) in [6, 6.07) is 8.37. The molecular formula is C13H6ClFN2O3. The van der Waals surface area contributed by atoms with Crippen LogP contribution in [0.1, 0.15) is 0 Å². The van der Waals surface area contributed by atoms with Crippen molar-refractivity contribution in [3.63, 3.8) is 0 Å². The Kier molecular flexibility index (Phi) is 2.87. The second kappa shape index (κ2) is 4.57. The van der Waals surface area contributed by atoms with Crippen LogP contribution in [-0.2, 0) is 0 Å². The third kappa shape index (κ3) is 2.10. The van der Waals surface area contributed by atoms with Gasteiger partial charge in [0.1, 0.15) is 5.52 Å². The molecule has 0 aliphatic rings. The van der Waals surface area contributed by atoms with Gasteiger partial charge in [0, 0.05) is 16.7 Å². The molecule has 0 spiro atoms. The predicted molar refractivity (Wildman–Crippen MR) is 71.1 cm³/mol. The summed E-state index contributed by atoms with van der Waals surface area (Å²) in [6.07, 6.45) is 0. The van der Waals surface area contributed by atoms with Gasteiger partial charge in [0.25, 0.3) is 0 Å². The lowest BCUT2D eigenvalue weighted by atomic mass is 10.2. The van der Waals surface area contributed by atoms with Crippen molar-refractivity contribution < 1.29 is 13.7 Å². The third-order valence-corrected chi connectivity index (χ3v) is 2.97. The molecule has 20 heavy (non-hydrogen) atoms. The van der Waals surface area contributed by atoms with Crippen LogP contribution in [0.2, 0.25) is 5.02 Å². The summed E-state index contributed by atoms with van der Waals surface area (Å²) < 4.78 is 18.8. The molecule has 0 radical (unpaired) electrons. The van der Waals surface area contributed by atoms with Gasteiger partial charge < -0.3 is 4.42 Å². The molecule has 0 saturated heterocycles. The lowest BCUT2D eigenvalue weighted by molar-refractivity contribution is -0.387. The van der Waals surface area contributed by atoms with Crippen molar-refractivity contribution in [1.82, 2.24) is 4.98 Å². The van der Waals surface area contributed by atoms with Crippen LogP contribution in [0, 0.1) is 15.9 Å². The van der Waals surface area contributed by atoms with E-state index >= 15 is 0 Å². The van der Waals surface area contributed by atoms with E-state index in [0.29, 0.717) is 21.7 Å². The first kappa shape index (κ1) is 12.6. The minimum atomic E-state index is -0.905. The maximum absolute atomic E-state index is 13.3. The zero-order valence-electron chi connectivity index (χ0n) is 9.84. The zero-order chi connectivity index (χ0) is 14.3. The van der Waals surface area contributed by atoms with Gasteiger partial charge in [-0.3, -0.25) is 10.1 Å². The number of hydrogen-bond donors (Lipinski definition) is 0. The number of nitro groups is 1. The van der Waals surface area contributed by atoms with Crippen molar-refractivity contribution in [1.29, 1.82) is 0 Å². The molecule has 3 aromatic rings. The van der Waals surface area contributed by atoms with Crippen LogP contribution < -0.4 is 0 Å². The number of hydrogen-bond acceptors (Lipinski definition) is 4. The Balaban J connectivity index is 2.15. The second-order valence-electron chi connectivity index (χ2n) is 4.05. The molecule has 0 amide bonds. The zero-order valence-corrected chi connectivity index (χ0v) is 10.6. The highest BCUT2D eigenvalue weighted by molar-refractivity contribution is 6.31. The molecule has 0 fully saturated rings. The third-order valence-electron chi connectivity index (χ3n) is 2.74. The Morgan fingerprint density at radius 2 is 2.05 bits per heavy atom. The summed E-state index contributed by atoms with van der Waals surface area (Å²) in [5, 5.41) is 11.2. The smallest absolute Gasteiger partial charge is 0.305 e. The van der Waals surface area contributed by atoms with Gasteiger partial charge in [0.2, 0.25) is 11.7 Å². The minimum Gasteiger partial charge on any atom is -0.436 e. The van der Waals surface area contributed by atoms with E-state index in [9.17, 15) is 14.5 Å². The van der Waals surface area contributed by atoms with Crippen LogP contribution in [-0.4, -0.2) is 9.91 Å². The molecule has 1 heterocycles. The molecule has 7 heteroatoms. The molecular weight excluding hydrogens is 287 g/mol. The quantitative estimate of drug-likeness (QED) is 0.524. The summed E-state index contributed by atoms with van der Waals surface area (Å²) in [5.74, 6) is -0.733. The molecule has 0 N–H and O–H groups in total. The van der Waals surface area contributed by atoms with E-state index in [1.807, 2.05) is 0 Å². The Morgan fingerprint density at radius 3 is 2.80 bits per heavy atom. The van der Waals surface area contributed by atoms with E-state index in [0.717, 1.165) is 12.1 Å². The summed E-state index contributed by atoms with van der Waals surface area (Å²) in [4.78, 5) is 14.1. The summed E-state index contributed by atoms with van der Waals surface area (Å²) in [6.45, 7) is 0. The van der Waals surface area contributed by atoms with Crippen molar-refractivity contribution in [2.24, 2.45) is 0 Å². The van der Waals surface area contributed by atoms with Gasteiger partial charge in [0.05, 0.1) is 4.92 Å². The van der Waals surface area contributed by atoms with Crippen LogP contribution in [0.4, 0.5) is 10.1 Å². The van der Waals surface area contributed by atoms with E-state index in [1.54, 1.807) is 18.2 Å². The maximum atomic E-state index is 13.3. The Bertz CT molecular complexity index is 832. The van der Waals surface area contributed by atoms with Crippen LogP contribution in [0.3, 0.4) is 0 Å². The number of aromatic nitrogens is 1. The molecule has 0 bridgehead atoms. The number of nitrogens with zero attached hydrogens (tertiary/aromatic N) is 2. The Morgan fingerprint density at radius 1 is 1.25 bits per heavy atom. The van der Waals surface area contributed by atoms with Gasteiger partial charge in [-0.2, -0.15) is 4.39 Å². The SMILES string of the molecule is O=[N+]([O-])c1cc(-c2nc3cc(Cl)ccc3o2)ccc1F. The first-order valence-electron chi connectivity index (χ1n) is 5.55. The molecule has 5 nitrogen and oxygen atoms in total. The van der Waals surface area contributed by atoms with E-state index in [2.05, 4.69) is 4.98 Å². The van der Waals surface area contributed by atoms with Gasteiger partial charge in [-0.1, -0.05) is 11.6 Å². The molecule has 100 valence electrons. The van der Waals surface area contributed by atoms with E-state index in [4.69, 9.17) is 16.0 Å². The first-order valence-corrected chi connectivity index (χ1v) is 5.93. The van der Waals surface area contributed by atoms with Crippen molar-refractivity contribution in [2.45, 2.75) is 0 Å². The number of rotatable bonds is 2. The molecule has 2 aromatic carbocycles. The number of benzene rings is 2. The molecule has 0 saturated carbocycles. The fraction of sp³-hybridized carbons (Fsp3) is 0. The number of nitro benzene ring substituents is 1. The molecule has 1 aromatic heterocycles. The van der Waals surface area contributed by atoms with Gasteiger partial charge in [-0.15, -0.1) is 0 Å². The first-order chi connectivity index (χ1) is 9.54. The fourth-order valence-corrected chi connectivity index (χ4v) is 1.98. The highest BCUT2D eigenvalue weighted by atomic mass is 35.5. The Labute approximate surface area is 116 Å². The molecule has 0 aliphatic heterocycles. The highest BCUT2D eigenvalue weighted by Crippen LogP contribution is 2.29. The average molecular weight is 293 g/mol. The summed E-state index contributed by atoms with van der Waals surface area (Å²) in [7, 11) is 0. The van der Waals surface area contributed by atoms with Crippen molar-refractivity contribution >= 4 is 28.4 Å². The lowest BCUT2D eigenvalue weighted by Crippen LogP contribution is -1.92. The van der Waals surface area contributed by atoms with Crippen molar-refractivity contribution in [2.75, 3.05) is 0 Å². The largest absolute Gasteiger partial charge is 0.436 e. The fourth-order valence-electron chi connectivity index (χ4n) is 1.81. The van der Waals surface area contributed by atoms with Gasteiger partial charge in [0.15, 0.2) is 5.58 Å². The molecule has 0 aliphatic carbocycles. The monoisotopic (exact) mass is 292 g/mol. The van der Waals surface area contributed by atoms with E-state index in [-0.39, 0.29) is 5.89 Å². The number of fused-ring (bicyclic) bond motifs is 1. The lowest BCUT2D eigenvalue weighted by Gasteiger charge is -1.97. The van der Waals surface area contributed by atoms with Crippen LogP contribution >= 0.6 is 11.6 Å². The van der Waals surface area contributed by atoms with Crippen LogP contribution in [0.25, 0.3) is 22.6 Å². The predicted octanol–water partition coefficient (Wildman–Crippen LogP) is 4.20. The van der Waals surface area contributed by atoms with Gasteiger partial charge in [-0.05, 0) is 30.3 Å². The number of oxazole rings is 1. The summed E-state index contributed by atoms with van der Waals surface area (Å²) in [5.41, 5.74) is 0.726. The maximum Gasteiger partial charge on any atom is 0.305 e. The number of halogens is 2. The second-order valence-corrected chi connectivity index (χ2v) is 4.49. The minimum absolute atomic E-state index is 0.172. The van der Waals surface area contributed by atoms with Crippen molar-refractivity contribution in [3.05, 3.63) is 57.4 Å². The molecule has 0 atom stereocenters. The van der Waals surface area contributed by atoms with Gasteiger partial charge in [-0.25, -0.2) is 4.98 Å². The summed E-state index contributed by atoms with van der Waals surface area (Å²) >= 11 is 5.84. The van der Waals surface area contributed by atoms with Crippen LogP contribution in [0.5, 0.6) is 0 Å². The van der Waals surface area contributed by atoms with E-state index in [1.165, 1.54) is 6.07 Å². The topological polar surface area (TPSA) is 69.2 Å². The molecule has 3 rings (SSSR count). The van der Waals surface area contributed by atoms with Crippen molar-refractivity contribution in [3.8, 4) is 11.5 Å². The standard InChI is InChI=1S/C13H6ClFN2O3/c14-8-2-4-12-10(6-8)16-13(20-12)7-1-3-9(15)11(5-7)17(18)19/h1-6H.